The molecule has 3 nitrogen and oxygen atoms in total. The standard InChI is InChI=1S/C11H22N2O/c1-5-9-6-7-13(8-9)10(14)11(2,3)12-4/h9,12H,5-8H2,1-4H3. The third-order valence-corrected chi connectivity index (χ3v) is 3.31. The first-order chi connectivity index (χ1) is 6.51. The van der Waals surface area contributed by atoms with Crippen molar-refractivity contribution in [3.63, 3.8) is 0 Å². The molecule has 0 aromatic carbocycles. The third-order valence-electron chi connectivity index (χ3n) is 3.31. The molecule has 0 aromatic heterocycles. The summed E-state index contributed by atoms with van der Waals surface area (Å²) in [7, 11) is 1.84. The van der Waals surface area contributed by atoms with Gasteiger partial charge in [-0.1, -0.05) is 13.3 Å². The maximum Gasteiger partial charge on any atom is 0.242 e. The molecule has 1 aliphatic rings. The van der Waals surface area contributed by atoms with E-state index in [1.165, 1.54) is 12.8 Å². The Morgan fingerprint density at radius 3 is 2.64 bits per heavy atom. The van der Waals surface area contributed by atoms with Crippen LogP contribution in [0.1, 0.15) is 33.6 Å². The second-order valence-electron chi connectivity index (χ2n) is 4.69. The summed E-state index contributed by atoms with van der Waals surface area (Å²) in [5, 5.41) is 3.06. The lowest BCUT2D eigenvalue weighted by Gasteiger charge is -2.28. The van der Waals surface area contributed by atoms with E-state index in [-0.39, 0.29) is 5.91 Å². The van der Waals surface area contributed by atoms with Gasteiger partial charge in [-0.05, 0) is 33.2 Å². The van der Waals surface area contributed by atoms with Gasteiger partial charge in [-0.2, -0.15) is 0 Å². The van der Waals surface area contributed by atoms with Gasteiger partial charge in [0, 0.05) is 13.1 Å². The highest BCUT2D eigenvalue weighted by molar-refractivity contribution is 5.85. The Morgan fingerprint density at radius 2 is 2.21 bits per heavy atom. The number of carbonyl (C=O) groups excluding carboxylic acids is 1. The largest absolute Gasteiger partial charge is 0.341 e. The highest BCUT2D eigenvalue weighted by Crippen LogP contribution is 2.21. The van der Waals surface area contributed by atoms with Crippen molar-refractivity contribution in [2.45, 2.75) is 39.2 Å². The monoisotopic (exact) mass is 198 g/mol. The predicted octanol–water partition coefficient (Wildman–Crippen LogP) is 1.24. The van der Waals surface area contributed by atoms with Gasteiger partial charge in [0.05, 0.1) is 5.54 Å². The summed E-state index contributed by atoms with van der Waals surface area (Å²) in [5.74, 6) is 0.947. The fourth-order valence-corrected chi connectivity index (χ4v) is 1.85. The number of hydrogen-bond acceptors (Lipinski definition) is 2. The zero-order chi connectivity index (χ0) is 10.8. The number of likely N-dealkylation sites (N-methyl/N-ethyl adjacent to an activating group) is 1. The number of hydrogen-bond donors (Lipinski definition) is 1. The van der Waals surface area contributed by atoms with E-state index in [0.29, 0.717) is 5.92 Å². The van der Waals surface area contributed by atoms with E-state index in [9.17, 15) is 4.79 Å². The van der Waals surface area contributed by atoms with Crippen molar-refractivity contribution < 1.29 is 4.79 Å². The van der Waals surface area contributed by atoms with Crippen LogP contribution in [0.5, 0.6) is 0 Å². The van der Waals surface area contributed by atoms with Crippen molar-refractivity contribution in [2.75, 3.05) is 20.1 Å². The molecule has 0 aromatic rings. The van der Waals surface area contributed by atoms with Gasteiger partial charge in [0.25, 0.3) is 0 Å². The number of likely N-dealkylation sites (tertiary alicyclic amines) is 1. The molecule has 3 heteroatoms. The Labute approximate surface area is 86.9 Å². The molecule has 1 rings (SSSR count). The summed E-state index contributed by atoms with van der Waals surface area (Å²) in [6.07, 6.45) is 2.35. The molecule has 1 atom stereocenters. The minimum atomic E-state index is -0.414. The quantitative estimate of drug-likeness (QED) is 0.740. The molecule has 1 unspecified atom stereocenters. The molecule has 0 saturated carbocycles. The number of amides is 1. The van der Waals surface area contributed by atoms with Gasteiger partial charge in [0.2, 0.25) is 5.91 Å². The highest BCUT2D eigenvalue weighted by atomic mass is 16.2. The SMILES string of the molecule is CCC1CCN(C(=O)C(C)(C)NC)C1. The molecule has 1 heterocycles. The molecule has 0 aliphatic carbocycles. The molecule has 0 bridgehead atoms. The molecule has 1 amide bonds. The van der Waals surface area contributed by atoms with Crippen molar-refractivity contribution in [1.82, 2.24) is 10.2 Å². The van der Waals surface area contributed by atoms with E-state index >= 15 is 0 Å². The van der Waals surface area contributed by atoms with Crippen LogP contribution in [0, 0.1) is 5.92 Å². The molecule has 1 saturated heterocycles. The van der Waals surface area contributed by atoms with E-state index in [0.717, 1.165) is 13.1 Å². The summed E-state index contributed by atoms with van der Waals surface area (Å²) in [6, 6.07) is 0. The number of nitrogens with one attached hydrogen (secondary N) is 1. The maximum absolute atomic E-state index is 12.0. The summed E-state index contributed by atoms with van der Waals surface area (Å²) in [5.41, 5.74) is -0.414. The van der Waals surface area contributed by atoms with Crippen LogP contribution in [0.3, 0.4) is 0 Å². The van der Waals surface area contributed by atoms with Gasteiger partial charge in [-0.25, -0.2) is 0 Å². The molecule has 1 N–H and O–H groups in total. The van der Waals surface area contributed by atoms with Gasteiger partial charge in [0.1, 0.15) is 0 Å². The van der Waals surface area contributed by atoms with Gasteiger partial charge in [-0.15, -0.1) is 0 Å². The van der Waals surface area contributed by atoms with E-state index < -0.39 is 5.54 Å². The van der Waals surface area contributed by atoms with Crippen LogP contribution in [-0.4, -0.2) is 36.5 Å². The average molecular weight is 198 g/mol. The van der Waals surface area contributed by atoms with Crippen LogP contribution >= 0.6 is 0 Å². The molecule has 1 aliphatic heterocycles. The van der Waals surface area contributed by atoms with Crippen molar-refractivity contribution in [2.24, 2.45) is 5.92 Å². The van der Waals surface area contributed by atoms with E-state index in [1.807, 2.05) is 25.8 Å². The van der Waals surface area contributed by atoms with Gasteiger partial charge in [-0.3, -0.25) is 4.79 Å². The Hall–Kier alpha value is -0.570. The summed E-state index contributed by atoms with van der Waals surface area (Å²) in [4.78, 5) is 14.0. The van der Waals surface area contributed by atoms with Crippen LogP contribution in [0.25, 0.3) is 0 Å². The van der Waals surface area contributed by atoms with Gasteiger partial charge in [0.15, 0.2) is 0 Å². The van der Waals surface area contributed by atoms with Crippen molar-refractivity contribution in [3.05, 3.63) is 0 Å². The fourth-order valence-electron chi connectivity index (χ4n) is 1.85. The third kappa shape index (κ3) is 2.27. The second kappa shape index (κ2) is 4.30. The highest BCUT2D eigenvalue weighted by Gasteiger charge is 2.34. The zero-order valence-corrected chi connectivity index (χ0v) is 9.76. The van der Waals surface area contributed by atoms with Crippen LogP contribution in [0.4, 0.5) is 0 Å². The predicted molar refractivity (Wildman–Crippen MR) is 58.1 cm³/mol. The van der Waals surface area contributed by atoms with Crippen molar-refractivity contribution in [3.8, 4) is 0 Å². The maximum atomic E-state index is 12.0. The topological polar surface area (TPSA) is 32.3 Å². The summed E-state index contributed by atoms with van der Waals surface area (Å²) >= 11 is 0. The van der Waals surface area contributed by atoms with E-state index in [2.05, 4.69) is 12.2 Å². The Bertz CT molecular complexity index is 213. The van der Waals surface area contributed by atoms with Crippen LogP contribution in [-0.2, 0) is 4.79 Å². The minimum Gasteiger partial charge on any atom is -0.341 e. The molecule has 82 valence electrons. The Balaban J connectivity index is 2.55. The van der Waals surface area contributed by atoms with Gasteiger partial charge < -0.3 is 10.2 Å². The lowest BCUT2D eigenvalue weighted by atomic mass is 10.0. The first-order valence-electron chi connectivity index (χ1n) is 5.49. The molecular formula is C11H22N2O. The molecule has 0 spiro atoms. The molecule has 0 radical (unpaired) electrons. The molecule has 1 fully saturated rings. The molecule has 14 heavy (non-hydrogen) atoms. The first kappa shape index (κ1) is 11.5. The zero-order valence-electron chi connectivity index (χ0n) is 9.76. The second-order valence-corrected chi connectivity index (χ2v) is 4.69. The van der Waals surface area contributed by atoms with Crippen LogP contribution in [0.15, 0.2) is 0 Å². The first-order valence-corrected chi connectivity index (χ1v) is 5.49. The van der Waals surface area contributed by atoms with E-state index in [4.69, 9.17) is 0 Å². The lowest BCUT2D eigenvalue weighted by Crippen LogP contribution is -2.52. The van der Waals surface area contributed by atoms with Gasteiger partial charge >= 0.3 is 0 Å². The fraction of sp³-hybridized carbons (Fsp3) is 0.909. The average Bonchev–Trinajstić information content (AvgIpc) is 2.64. The minimum absolute atomic E-state index is 0.232. The smallest absolute Gasteiger partial charge is 0.242 e. The van der Waals surface area contributed by atoms with Crippen molar-refractivity contribution in [1.29, 1.82) is 0 Å². The Morgan fingerprint density at radius 1 is 1.57 bits per heavy atom. The number of rotatable bonds is 3. The molecular weight excluding hydrogens is 176 g/mol. The number of nitrogens with zero attached hydrogens (tertiary/aromatic N) is 1. The normalized spacial score (nSPS) is 22.9. The lowest BCUT2D eigenvalue weighted by molar-refractivity contribution is -0.135. The van der Waals surface area contributed by atoms with Crippen LogP contribution < -0.4 is 5.32 Å². The summed E-state index contributed by atoms with van der Waals surface area (Å²) < 4.78 is 0. The van der Waals surface area contributed by atoms with Crippen molar-refractivity contribution >= 4 is 5.91 Å². The summed E-state index contributed by atoms with van der Waals surface area (Å²) in [6.45, 7) is 7.95. The Kier molecular flexibility index (Phi) is 3.53. The number of carbonyl (C=O) groups is 1. The van der Waals surface area contributed by atoms with Crippen LogP contribution in [0.2, 0.25) is 0 Å². The van der Waals surface area contributed by atoms with E-state index in [1.54, 1.807) is 0 Å².